The number of likely N-dealkylation sites (tertiary alicyclic amines) is 1. The summed E-state index contributed by atoms with van der Waals surface area (Å²) in [6, 6.07) is 12.2. The number of ketones is 1. The van der Waals surface area contributed by atoms with Gasteiger partial charge in [0.1, 0.15) is 0 Å². The predicted octanol–water partition coefficient (Wildman–Crippen LogP) is 4.17. The number of hydrogen-bond acceptors (Lipinski definition) is 3. The number of hydrogen-bond donors (Lipinski definition) is 0. The lowest BCUT2D eigenvalue weighted by molar-refractivity contribution is -0.0258. The Morgan fingerprint density at radius 1 is 1.15 bits per heavy atom. The Balaban J connectivity index is 1.66. The average Bonchev–Trinajstić information content (AvgIpc) is 2.91. The molecule has 1 saturated heterocycles. The zero-order chi connectivity index (χ0) is 18.7. The van der Waals surface area contributed by atoms with Crippen LogP contribution in [0.1, 0.15) is 48.4 Å². The first-order valence-corrected chi connectivity index (χ1v) is 9.61. The van der Waals surface area contributed by atoms with Gasteiger partial charge in [-0.15, -0.1) is 0 Å². The number of piperidine rings is 1. The minimum absolute atomic E-state index is 0.212. The first kappa shape index (κ1) is 18.9. The number of benzene rings is 1. The van der Waals surface area contributed by atoms with Gasteiger partial charge in [0, 0.05) is 35.7 Å². The van der Waals surface area contributed by atoms with E-state index in [4.69, 9.17) is 4.74 Å². The zero-order valence-electron chi connectivity index (χ0n) is 16.4. The third kappa shape index (κ3) is 4.25. The highest BCUT2D eigenvalue weighted by Gasteiger charge is 2.24. The number of aryl methyl sites for hydroxylation is 1. The van der Waals surface area contributed by atoms with Gasteiger partial charge in [-0.25, -0.2) is 0 Å². The van der Waals surface area contributed by atoms with Crippen LogP contribution in [0, 0.1) is 13.8 Å². The van der Waals surface area contributed by atoms with Crippen LogP contribution in [0.5, 0.6) is 0 Å². The normalized spacial score (nSPS) is 16.3. The highest BCUT2D eigenvalue weighted by Crippen LogP contribution is 2.22. The average molecular weight is 354 g/mol. The summed E-state index contributed by atoms with van der Waals surface area (Å²) in [5.41, 5.74) is 4.07. The summed E-state index contributed by atoms with van der Waals surface area (Å²) in [6.45, 7) is 10.6. The second-order valence-electron chi connectivity index (χ2n) is 7.54. The van der Waals surface area contributed by atoms with Crippen LogP contribution in [0.4, 0.5) is 0 Å². The Hall–Kier alpha value is -1.91. The molecule has 26 heavy (non-hydrogen) atoms. The molecule has 4 heteroatoms. The third-order valence-corrected chi connectivity index (χ3v) is 5.11. The van der Waals surface area contributed by atoms with Crippen molar-refractivity contribution in [3.63, 3.8) is 0 Å². The zero-order valence-corrected chi connectivity index (χ0v) is 16.4. The summed E-state index contributed by atoms with van der Waals surface area (Å²) >= 11 is 0. The van der Waals surface area contributed by atoms with Gasteiger partial charge in [0.15, 0.2) is 5.78 Å². The summed E-state index contributed by atoms with van der Waals surface area (Å²) in [5, 5.41) is 0. The van der Waals surface area contributed by atoms with E-state index in [0.29, 0.717) is 12.6 Å². The number of carbonyl (C=O) groups excluding carboxylic acids is 1. The Bertz CT molecular complexity index is 741. The summed E-state index contributed by atoms with van der Waals surface area (Å²) in [5.74, 6) is 0.212. The van der Waals surface area contributed by atoms with Crippen molar-refractivity contribution in [3.05, 3.63) is 53.3 Å². The van der Waals surface area contributed by atoms with E-state index < -0.39 is 0 Å². The maximum atomic E-state index is 12.9. The standard InChI is InChI=1S/C22H30N2O2/c1-16(2)26-20-10-12-23(13-11-20)15-22(25)21-14-17(3)24(18(21)4)19-8-6-5-7-9-19/h5-9,14,16,20H,10-13,15H2,1-4H3. The molecule has 1 aromatic heterocycles. The molecule has 2 heterocycles. The fourth-order valence-corrected chi connectivity index (χ4v) is 3.90. The van der Waals surface area contributed by atoms with E-state index in [-0.39, 0.29) is 11.9 Å². The molecule has 0 aliphatic carbocycles. The molecule has 0 spiro atoms. The molecule has 0 unspecified atom stereocenters. The quantitative estimate of drug-likeness (QED) is 0.730. The van der Waals surface area contributed by atoms with Gasteiger partial charge in [-0.1, -0.05) is 18.2 Å². The van der Waals surface area contributed by atoms with Crippen LogP contribution < -0.4 is 0 Å². The van der Waals surface area contributed by atoms with E-state index in [0.717, 1.165) is 48.6 Å². The van der Waals surface area contributed by atoms with E-state index in [1.807, 2.05) is 31.2 Å². The van der Waals surface area contributed by atoms with E-state index in [9.17, 15) is 4.79 Å². The van der Waals surface area contributed by atoms with E-state index in [1.165, 1.54) is 0 Å². The highest BCUT2D eigenvalue weighted by molar-refractivity contribution is 5.99. The molecule has 0 radical (unpaired) electrons. The number of aromatic nitrogens is 1. The smallest absolute Gasteiger partial charge is 0.178 e. The van der Waals surface area contributed by atoms with Crippen molar-refractivity contribution >= 4 is 5.78 Å². The molecule has 0 atom stereocenters. The molecule has 1 aliphatic heterocycles. The molecule has 4 nitrogen and oxygen atoms in total. The molecule has 0 bridgehead atoms. The Morgan fingerprint density at radius 3 is 2.42 bits per heavy atom. The molecule has 140 valence electrons. The number of ether oxygens (including phenoxy) is 1. The van der Waals surface area contributed by atoms with Gasteiger partial charge in [-0.05, 0) is 58.7 Å². The molecule has 1 aliphatic rings. The van der Waals surface area contributed by atoms with Crippen LogP contribution in [0.15, 0.2) is 36.4 Å². The van der Waals surface area contributed by atoms with Crippen LogP contribution >= 0.6 is 0 Å². The van der Waals surface area contributed by atoms with Gasteiger partial charge < -0.3 is 9.30 Å². The first-order valence-electron chi connectivity index (χ1n) is 9.61. The van der Waals surface area contributed by atoms with Crippen LogP contribution in [0.25, 0.3) is 5.69 Å². The van der Waals surface area contributed by atoms with Crippen molar-refractivity contribution in [2.75, 3.05) is 19.6 Å². The summed E-state index contributed by atoms with van der Waals surface area (Å²) in [4.78, 5) is 15.2. The predicted molar refractivity (Wildman–Crippen MR) is 105 cm³/mol. The Labute approximate surface area is 156 Å². The molecular formula is C22H30N2O2. The second-order valence-corrected chi connectivity index (χ2v) is 7.54. The lowest BCUT2D eigenvalue weighted by Crippen LogP contribution is -2.40. The molecule has 0 saturated carbocycles. The first-order chi connectivity index (χ1) is 12.5. The number of carbonyl (C=O) groups is 1. The van der Waals surface area contributed by atoms with Crippen LogP contribution in [0.2, 0.25) is 0 Å². The number of para-hydroxylation sites is 1. The highest BCUT2D eigenvalue weighted by atomic mass is 16.5. The van der Waals surface area contributed by atoms with Crippen molar-refractivity contribution in [1.82, 2.24) is 9.47 Å². The van der Waals surface area contributed by atoms with Gasteiger partial charge in [0.05, 0.1) is 18.8 Å². The summed E-state index contributed by atoms with van der Waals surface area (Å²) in [6.07, 6.45) is 2.63. The maximum absolute atomic E-state index is 12.9. The molecular weight excluding hydrogens is 324 g/mol. The molecule has 0 amide bonds. The van der Waals surface area contributed by atoms with Crippen molar-refractivity contribution in [3.8, 4) is 5.69 Å². The van der Waals surface area contributed by atoms with Gasteiger partial charge in [-0.3, -0.25) is 9.69 Å². The number of rotatable bonds is 6. The maximum Gasteiger partial charge on any atom is 0.178 e. The topological polar surface area (TPSA) is 34.5 Å². The third-order valence-electron chi connectivity index (χ3n) is 5.11. The molecule has 1 aromatic carbocycles. The van der Waals surface area contributed by atoms with Crippen molar-refractivity contribution < 1.29 is 9.53 Å². The molecule has 0 N–H and O–H groups in total. The van der Waals surface area contributed by atoms with E-state index in [1.54, 1.807) is 0 Å². The lowest BCUT2D eigenvalue weighted by atomic mass is 10.1. The van der Waals surface area contributed by atoms with Crippen LogP contribution in [-0.4, -0.2) is 47.1 Å². The van der Waals surface area contributed by atoms with Gasteiger partial charge in [0.2, 0.25) is 0 Å². The van der Waals surface area contributed by atoms with Gasteiger partial charge in [-0.2, -0.15) is 0 Å². The van der Waals surface area contributed by atoms with Gasteiger partial charge in [0.25, 0.3) is 0 Å². The second kappa shape index (κ2) is 8.19. The van der Waals surface area contributed by atoms with Crippen LogP contribution in [0.3, 0.4) is 0 Å². The molecule has 2 aromatic rings. The Kier molecular flexibility index (Phi) is 5.94. The minimum atomic E-state index is 0.212. The van der Waals surface area contributed by atoms with E-state index >= 15 is 0 Å². The number of Topliss-reactive ketones (excluding diaryl/α,β-unsaturated/α-hetero) is 1. The van der Waals surface area contributed by atoms with Crippen molar-refractivity contribution in [2.45, 2.75) is 52.7 Å². The van der Waals surface area contributed by atoms with Crippen molar-refractivity contribution in [2.24, 2.45) is 0 Å². The monoisotopic (exact) mass is 354 g/mol. The molecule has 1 fully saturated rings. The lowest BCUT2D eigenvalue weighted by Gasteiger charge is -2.32. The summed E-state index contributed by atoms with van der Waals surface area (Å²) < 4.78 is 8.06. The van der Waals surface area contributed by atoms with E-state index in [2.05, 4.69) is 42.4 Å². The minimum Gasteiger partial charge on any atom is -0.375 e. The fraction of sp³-hybridized carbons (Fsp3) is 0.500. The summed E-state index contributed by atoms with van der Waals surface area (Å²) in [7, 11) is 0. The SMILES string of the molecule is Cc1cc(C(=O)CN2CCC(OC(C)C)CC2)c(C)n1-c1ccccc1. The molecule has 3 rings (SSSR count). The fourth-order valence-electron chi connectivity index (χ4n) is 3.90. The van der Waals surface area contributed by atoms with Crippen LogP contribution in [-0.2, 0) is 4.74 Å². The number of nitrogens with zero attached hydrogens (tertiary/aromatic N) is 2. The van der Waals surface area contributed by atoms with Crippen molar-refractivity contribution in [1.29, 1.82) is 0 Å². The Morgan fingerprint density at radius 2 is 1.81 bits per heavy atom. The van der Waals surface area contributed by atoms with Gasteiger partial charge >= 0.3 is 0 Å². The largest absolute Gasteiger partial charge is 0.375 e.